The van der Waals surface area contributed by atoms with Crippen molar-refractivity contribution in [2.75, 3.05) is 63.1 Å². The van der Waals surface area contributed by atoms with E-state index in [9.17, 15) is 4.79 Å². The van der Waals surface area contributed by atoms with Gasteiger partial charge in [-0.05, 0) is 65.0 Å². The highest BCUT2D eigenvalue weighted by Crippen LogP contribution is 2.22. The van der Waals surface area contributed by atoms with Crippen LogP contribution in [-0.2, 0) is 4.79 Å². The minimum Gasteiger partial charge on any atom is -0.404 e. The summed E-state index contributed by atoms with van der Waals surface area (Å²) in [4.78, 5) is 30.5. The molecule has 0 aromatic carbocycles. The summed E-state index contributed by atoms with van der Waals surface area (Å²) >= 11 is 0. The van der Waals surface area contributed by atoms with Crippen molar-refractivity contribution in [3.63, 3.8) is 0 Å². The van der Waals surface area contributed by atoms with E-state index in [0.29, 0.717) is 23.5 Å². The maximum absolute atomic E-state index is 9.93. The first-order valence-corrected chi connectivity index (χ1v) is 13.2. The van der Waals surface area contributed by atoms with Crippen molar-refractivity contribution in [3.05, 3.63) is 48.1 Å². The molecule has 2 aromatic heterocycles. The Morgan fingerprint density at radius 3 is 2.53 bits per heavy atom. The van der Waals surface area contributed by atoms with Gasteiger partial charge in [0.2, 0.25) is 0 Å². The first-order valence-electron chi connectivity index (χ1n) is 13.2. The summed E-state index contributed by atoms with van der Waals surface area (Å²) in [6.45, 7) is 11.3. The van der Waals surface area contributed by atoms with Gasteiger partial charge in [0.1, 0.15) is 12.1 Å². The van der Waals surface area contributed by atoms with E-state index >= 15 is 0 Å². The highest BCUT2D eigenvalue weighted by Gasteiger charge is 2.15. The zero-order valence-electron chi connectivity index (χ0n) is 22.9. The second-order valence-electron chi connectivity index (χ2n) is 9.58. The molecule has 0 saturated carbocycles. The normalized spacial score (nSPS) is 17.1. The number of allylic oxidation sites excluding steroid dienone is 1. The number of nitrogens with one attached hydrogen (secondary N) is 2. The monoisotopic (exact) mass is 519 g/mol. The fourth-order valence-electron chi connectivity index (χ4n) is 4.43. The lowest BCUT2D eigenvalue weighted by molar-refractivity contribution is -0.108. The molecule has 0 bridgehead atoms. The van der Waals surface area contributed by atoms with Crippen molar-refractivity contribution in [3.8, 4) is 0 Å². The van der Waals surface area contributed by atoms with E-state index in [-0.39, 0.29) is 0 Å². The van der Waals surface area contributed by atoms with Gasteiger partial charge in [0, 0.05) is 75.1 Å². The Morgan fingerprint density at radius 1 is 1.16 bits per heavy atom. The average molecular weight is 520 g/mol. The van der Waals surface area contributed by atoms with E-state index < -0.39 is 0 Å². The maximum Gasteiger partial charge on any atom is 0.155 e. The van der Waals surface area contributed by atoms with E-state index in [1.807, 2.05) is 38.1 Å². The number of aromatic nitrogens is 2. The molecule has 204 valence electrons. The lowest BCUT2D eigenvalue weighted by Gasteiger charge is -2.34. The van der Waals surface area contributed by atoms with Crippen molar-refractivity contribution in [2.24, 2.45) is 10.7 Å². The molecule has 10 heteroatoms. The highest BCUT2D eigenvalue weighted by molar-refractivity contribution is 6.07. The van der Waals surface area contributed by atoms with Crippen LogP contribution in [0, 0.1) is 12.3 Å². The van der Waals surface area contributed by atoms with Crippen LogP contribution in [0.1, 0.15) is 37.6 Å². The van der Waals surface area contributed by atoms with Gasteiger partial charge in [-0.3, -0.25) is 4.98 Å². The van der Waals surface area contributed by atoms with Crippen LogP contribution in [0.5, 0.6) is 0 Å². The van der Waals surface area contributed by atoms with E-state index in [0.717, 1.165) is 61.9 Å². The van der Waals surface area contributed by atoms with Crippen molar-refractivity contribution >= 4 is 41.1 Å². The number of nitrogens with two attached hydrogens (primary N) is 1. The van der Waals surface area contributed by atoms with Gasteiger partial charge in [-0.15, -0.1) is 0 Å². The average Bonchev–Trinajstić information content (AvgIpc) is 3.44. The number of aryl methyl sites for hydroxylation is 1. The minimum absolute atomic E-state index is 0.579. The number of hydrogen-bond acceptors (Lipinski definition) is 9. The smallest absolute Gasteiger partial charge is 0.155 e. The third-order valence-corrected chi connectivity index (χ3v) is 6.67. The van der Waals surface area contributed by atoms with Gasteiger partial charge in [-0.25, -0.2) is 9.98 Å². The second kappa shape index (κ2) is 14.9. The number of carbonyl (C=O) groups excluding carboxylic acids is 1. The number of rotatable bonds is 8. The summed E-state index contributed by atoms with van der Waals surface area (Å²) in [5.41, 5.74) is 9.59. The number of carbonyl (C=O) groups is 1. The molecule has 0 unspecified atom stereocenters. The summed E-state index contributed by atoms with van der Waals surface area (Å²) in [5, 5.41) is 10.7. The van der Waals surface area contributed by atoms with Crippen molar-refractivity contribution < 1.29 is 4.79 Å². The summed E-state index contributed by atoms with van der Waals surface area (Å²) in [7, 11) is 2.15. The van der Waals surface area contributed by atoms with Crippen LogP contribution >= 0.6 is 0 Å². The zero-order chi connectivity index (χ0) is 27.3. The van der Waals surface area contributed by atoms with Crippen molar-refractivity contribution in [1.82, 2.24) is 19.8 Å². The molecule has 0 atom stereocenters. The van der Waals surface area contributed by atoms with Crippen LogP contribution in [0.25, 0.3) is 5.57 Å². The van der Waals surface area contributed by atoms with Gasteiger partial charge in [-0.1, -0.05) is 0 Å². The number of amidine groups is 1. The number of likely N-dealkylation sites (tertiary alicyclic amines) is 1. The fraction of sp³-hybridized carbons (Fsp3) is 0.464. The zero-order valence-corrected chi connectivity index (χ0v) is 22.9. The van der Waals surface area contributed by atoms with Crippen LogP contribution in [0.3, 0.4) is 0 Å². The molecule has 0 spiro atoms. The van der Waals surface area contributed by atoms with Gasteiger partial charge in [-0.2, -0.15) is 0 Å². The predicted molar refractivity (Wildman–Crippen MR) is 157 cm³/mol. The predicted octanol–water partition coefficient (Wildman–Crippen LogP) is 3.32. The molecule has 2 saturated heterocycles. The molecule has 2 aliphatic heterocycles. The molecule has 4 N–H and O–H groups in total. The number of pyridine rings is 2. The number of piperazine rings is 1. The van der Waals surface area contributed by atoms with E-state index in [2.05, 4.69) is 42.0 Å². The van der Waals surface area contributed by atoms with Crippen LogP contribution in [0.15, 0.2) is 41.7 Å². The largest absolute Gasteiger partial charge is 0.404 e. The molecule has 0 amide bonds. The number of anilines is 2. The van der Waals surface area contributed by atoms with Crippen LogP contribution in [-0.4, -0.2) is 91.0 Å². The number of nitrogens with zero attached hydrogens (tertiary/aromatic N) is 6. The fourth-order valence-corrected chi connectivity index (χ4v) is 4.43. The quantitative estimate of drug-likeness (QED) is 0.275. The molecule has 2 aliphatic rings. The first-order chi connectivity index (χ1) is 18.4. The molecular weight excluding hydrogens is 478 g/mol. The third kappa shape index (κ3) is 8.74. The van der Waals surface area contributed by atoms with Gasteiger partial charge in [0.25, 0.3) is 0 Å². The molecule has 0 aliphatic carbocycles. The number of aldehydes is 1. The Balaban J connectivity index is 0.000000375. The lowest BCUT2D eigenvalue weighted by Crippen LogP contribution is -2.44. The minimum atomic E-state index is 0.579. The topological polar surface area (TPSA) is 127 Å². The van der Waals surface area contributed by atoms with Crippen molar-refractivity contribution in [1.29, 1.82) is 5.41 Å². The third-order valence-electron chi connectivity index (χ3n) is 6.67. The van der Waals surface area contributed by atoms with E-state index in [1.165, 1.54) is 38.3 Å². The summed E-state index contributed by atoms with van der Waals surface area (Å²) in [6.07, 6.45) is 8.73. The Bertz CT molecular complexity index is 1120. The lowest BCUT2D eigenvalue weighted by atomic mass is 10.1. The number of likely N-dealkylation sites (N-methyl/N-ethyl adjacent to an activating group) is 1. The summed E-state index contributed by atoms with van der Waals surface area (Å²) < 4.78 is 0. The Kier molecular flexibility index (Phi) is 11.4. The summed E-state index contributed by atoms with van der Waals surface area (Å²) in [5.74, 6) is 1.40. The second-order valence-corrected chi connectivity index (χ2v) is 9.58. The highest BCUT2D eigenvalue weighted by atomic mass is 16.1. The van der Waals surface area contributed by atoms with E-state index in [1.54, 1.807) is 6.20 Å². The standard InChI is InChI=1S/C21H28N8.C7H13NO/c1-15-19(4-5-20(25-15)17(13-22)14-23)26-16(2)27-21-12-18(6-7-24-21)29-10-8-28(3)9-11-29;9-7-3-6-8-4-1-2-5-8/h4-7,12-14,22H,8-11,23H2,1-3H3,(H,24,26,27);7H,1-6H2/b17-14+,22-13?;. The van der Waals surface area contributed by atoms with Crippen molar-refractivity contribution in [2.45, 2.75) is 33.1 Å². The molecular formula is C28H41N9O. The molecule has 2 aromatic rings. The molecule has 4 rings (SSSR count). The van der Waals surface area contributed by atoms with Crippen LogP contribution < -0.4 is 16.0 Å². The van der Waals surface area contributed by atoms with Gasteiger partial charge in [0.15, 0.2) is 5.82 Å². The van der Waals surface area contributed by atoms with Crippen LogP contribution in [0.4, 0.5) is 17.2 Å². The molecule has 10 nitrogen and oxygen atoms in total. The van der Waals surface area contributed by atoms with Gasteiger partial charge in [0.05, 0.1) is 17.1 Å². The molecule has 0 radical (unpaired) electrons. The molecule has 38 heavy (non-hydrogen) atoms. The Labute approximate surface area is 226 Å². The van der Waals surface area contributed by atoms with Gasteiger partial charge < -0.3 is 36.0 Å². The maximum atomic E-state index is 9.93. The first kappa shape index (κ1) is 28.9. The van der Waals surface area contributed by atoms with E-state index in [4.69, 9.17) is 11.1 Å². The Hall–Kier alpha value is -3.63. The van der Waals surface area contributed by atoms with Gasteiger partial charge >= 0.3 is 0 Å². The number of aliphatic imine (C=N–C) groups is 1. The SMILES string of the molecule is CC(=Nc1cc(N2CCN(C)CC2)ccn1)Nc1ccc(/C(C=N)=C/N)nc1C.O=CCCN1CCCC1. The Morgan fingerprint density at radius 2 is 1.89 bits per heavy atom. The van der Waals surface area contributed by atoms with Crippen LogP contribution in [0.2, 0.25) is 0 Å². The molecule has 4 heterocycles. The number of hydrogen-bond donors (Lipinski definition) is 3. The summed E-state index contributed by atoms with van der Waals surface area (Å²) in [6, 6.07) is 7.80. The molecule has 2 fully saturated rings.